The second-order valence-corrected chi connectivity index (χ2v) is 8.81. The summed E-state index contributed by atoms with van der Waals surface area (Å²) in [6, 6.07) is 7.77. The molecular formula is C23H26N2O4. The number of carbonyl (C=O) groups excluding carboxylic acids is 3. The highest BCUT2D eigenvalue weighted by atomic mass is 16.5. The molecule has 0 radical (unpaired) electrons. The van der Waals surface area contributed by atoms with E-state index >= 15 is 0 Å². The number of nitrogens with one attached hydrogen (secondary N) is 1. The Kier molecular flexibility index (Phi) is 4.60. The third-order valence-electron chi connectivity index (χ3n) is 5.94. The summed E-state index contributed by atoms with van der Waals surface area (Å²) in [5.74, 6) is -1.43. The van der Waals surface area contributed by atoms with Crippen LogP contribution in [0.1, 0.15) is 43.7 Å². The molecule has 1 amide bonds. The standard InChI is InChI=1S/C23H26N2O4/c1-13-6-5-7-14(10-13)17-18-15(11-23(2,3)12-16(18)26)25-9-8-24-21(27)20(25)19(17)22(28)29-4/h5-7,10,17H,8-9,11-12H2,1-4H3,(H,24,27)/t17-/m1/s1. The number of hydrogen-bond acceptors (Lipinski definition) is 5. The number of benzene rings is 1. The Balaban J connectivity index is 2.03. The number of fused-ring (bicyclic) bond motifs is 2. The van der Waals surface area contributed by atoms with Crippen molar-refractivity contribution in [2.75, 3.05) is 20.2 Å². The SMILES string of the molecule is COC(=O)C1=C2C(=O)NCCN2C2=C(C(=O)CC(C)(C)C2)[C@H]1c1cccc(C)c1. The van der Waals surface area contributed by atoms with E-state index in [1.54, 1.807) is 0 Å². The fraction of sp³-hybridized carbons (Fsp3) is 0.435. The smallest absolute Gasteiger partial charge is 0.337 e. The van der Waals surface area contributed by atoms with Gasteiger partial charge in [-0.05, 0) is 24.3 Å². The van der Waals surface area contributed by atoms with E-state index in [0.717, 1.165) is 16.8 Å². The highest BCUT2D eigenvalue weighted by molar-refractivity contribution is 6.09. The molecular weight excluding hydrogens is 368 g/mol. The lowest BCUT2D eigenvalue weighted by atomic mass is 9.67. The number of rotatable bonds is 2. The van der Waals surface area contributed by atoms with E-state index in [9.17, 15) is 14.4 Å². The van der Waals surface area contributed by atoms with Gasteiger partial charge in [-0.15, -0.1) is 0 Å². The number of carbonyl (C=O) groups is 3. The Morgan fingerprint density at radius 1 is 1.24 bits per heavy atom. The molecule has 1 atom stereocenters. The maximum absolute atomic E-state index is 13.4. The molecule has 1 aromatic rings. The molecule has 2 heterocycles. The molecule has 29 heavy (non-hydrogen) atoms. The van der Waals surface area contributed by atoms with Gasteiger partial charge in [-0.3, -0.25) is 9.59 Å². The van der Waals surface area contributed by atoms with Crippen LogP contribution in [0.25, 0.3) is 0 Å². The highest BCUT2D eigenvalue weighted by Crippen LogP contribution is 2.50. The number of allylic oxidation sites excluding steroid dienone is 2. The zero-order valence-corrected chi connectivity index (χ0v) is 17.3. The number of ether oxygens (including phenoxy) is 1. The number of piperazine rings is 1. The van der Waals surface area contributed by atoms with Crippen LogP contribution in [0.5, 0.6) is 0 Å². The molecule has 0 aromatic heterocycles. The molecule has 6 heteroatoms. The van der Waals surface area contributed by atoms with Gasteiger partial charge < -0.3 is 15.0 Å². The lowest BCUT2D eigenvalue weighted by Crippen LogP contribution is -2.51. The van der Waals surface area contributed by atoms with Gasteiger partial charge in [-0.2, -0.15) is 0 Å². The number of methoxy groups -OCH3 is 1. The fourth-order valence-electron chi connectivity index (χ4n) is 4.80. The van der Waals surface area contributed by atoms with Crippen LogP contribution >= 0.6 is 0 Å². The minimum absolute atomic E-state index is 0.0363. The Bertz CT molecular complexity index is 986. The van der Waals surface area contributed by atoms with Gasteiger partial charge in [0, 0.05) is 36.7 Å². The Labute approximate surface area is 170 Å². The minimum atomic E-state index is -0.601. The van der Waals surface area contributed by atoms with E-state index in [4.69, 9.17) is 4.74 Å². The van der Waals surface area contributed by atoms with E-state index in [0.29, 0.717) is 37.2 Å². The number of hydrogen-bond donors (Lipinski definition) is 1. The van der Waals surface area contributed by atoms with Crippen molar-refractivity contribution < 1.29 is 19.1 Å². The average molecular weight is 394 g/mol. The van der Waals surface area contributed by atoms with Crippen molar-refractivity contribution in [2.24, 2.45) is 5.41 Å². The third-order valence-corrected chi connectivity index (χ3v) is 5.94. The second-order valence-electron chi connectivity index (χ2n) is 8.81. The zero-order chi connectivity index (χ0) is 20.9. The molecule has 6 nitrogen and oxygen atoms in total. The summed E-state index contributed by atoms with van der Waals surface area (Å²) in [5.41, 5.74) is 3.73. The molecule has 4 rings (SSSR count). The first-order valence-electron chi connectivity index (χ1n) is 9.94. The van der Waals surface area contributed by atoms with Crippen molar-refractivity contribution in [3.63, 3.8) is 0 Å². The van der Waals surface area contributed by atoms with Crippen LogP contribution in [-0.2, 0) is 19.1 Å². The van der Waals surface area contributed by atoms with Crippen LogP contribution in [-0.4, -0.2) is 42.8 Å². The molecule has 1 N–H and O–H groups in total. The number of aryl methyl sites for hydroxylation is 1. The summed E-state index contributed by atoms with van der Waals surface area (Å²) >= 11 is 0. The van der Waals surface area contributed by atoms with Crippen LogP contribution in [0.3, 0.4) is 0 Å². The van der Waals surface area contributed by atoms with Crippen LogP contribution < -0.4 is 5.32 Å². The summed E-state index contributed by atoms with van der Waals surface area (Å²) in [6.07, 6.45) is 1.10. The molecule has 3 aliphatic rings. The number of esters is 1. The maximum Gasteiger partial charge on any atom is 0.337 e. The van der Waals surface area contributed by atoms with Gasteiger partial charge in [-0.25, -0.2) is 4.79 Å². The topological polar surface area (TPSA) is 75.7 Å². The first-order chi connectivity index (χ1) is 13.7. The minimum Gasteiger partial charge on any atom is -0.466 e. The number of Topliss-reactive ketones (excluding diaryl/α,β-unsaturated/α-hetero) is 1. The van der Waals surface area contributed by atoms with Crippen molar-refractivity contribution in [3.05, 3.63) is 57.9 Å². The predicted octanol–water partition coefficient (Wildman–Crippen LogP) is 2.59. The number of amides is 1. The third kappa shape index (κ3) is 3.16. The summed E-state index contributed by atoms with van der Waals surface area (Å²) in [7, 11) is 1.31. The Morgan fingerprint density at radius 3 is 2.69 bits per heavy atom. The van der Waals surface area contributed by atoms with E-state index in [-0.39, 0.29) is 22.7 Å². The van der Waals surface area contributed by atoms with Crippen LogP contribution in [0.2, 0.25) is 0 Å². The van der Waals surface area contributed by atoms with Crippen molar-refractivity contribution in [1.82, 2.24) is 10.2 Å². The summed E-state index contributed by atoms with van der Waals surface area (Å²) in [4.78, 5) is 41.1. The fourth-order valence-corrected chi connectivity index (χ4v) is 4.80. The molecule has 1 aliphatic carbocycles. The van der Waals surface area contributed by atoms with Gasteiger partial charge in [0.2, 0.25) is 0 Å². The molecule has 0 spiro atoms. The van der Waals surface area contributed by atoms with Gasteiger partial charge in [0.25, 0.3) is 5.91 Å². The largest absolute Gasteiger partial charge is 0.466 e. The molecule has 0 saturated carbocycles. The first-order valence-corrected chi connectivity index (χ1v) is 9.94. The van der Waals surface area contributed by atoms with Crippen molar-refractivity contribution >= 4 is 17.7 Å². The second kappa shape index (κ2) is 6.87. The van der Waals surface area contributed by atoms with Crippen molar-refractivity contribution in [2.45, 2.75) is 39.5 Å². The molecule has 0 bridgehead atoms. The van der Waals surface area contributed by atoms with Crippen LogP contribution in [0, 0.1) is 12.3 Å². The van der Waals surface area contributed by atoms with Crippen molar-refractivity contribution in [1.29, 1.82) is 0 Å². The van der Waals surface area contributed by atoms with Crippen LogP contribution in [0.4, 0.5) is 0 Å². The first kappa shape index (κ1) is 19.4. The monoisotopic (exact) mass is 394 g/mol. The highest BCUT2D eigenvalue weighted by Gasteiger charge is 2.48. The van der Waals surface area contributed by atoms with Crippen molar-refractivity contribution in [3.8, 4) is 0 Å². The molecule has 1 aromatic carbocycles. The molecule has 1 saturated heterocycles. The Hall–Kier alpha value is -2.89. The predicted molar refractivity (Wildman–Crippen MR) is 108 cm³/mol. The molecule has 1 fully saturated rings. The van der Waals surface area contributed by atoms with Crippen LogP contribution in [0.15, 0.2) is 46.8 Å². The lowest BCUT2D eigenvalue weighted by molar-refractivity contribution is -0.137. The van der Waals surface area contributed by atoms with E-state index in [1.165, 1.54) is 7.11 Å². The summed E-state index contributed by atoms with van der Waals surface area (Å²) < 4.78 is 5.09. The lowest BCUT2D eigenvalue weighted by Gasteiger charge is -2.46. The van der Waals surface area contributed by atoms with Gasteiger partial charge in [0.05, 0.1) is 12.7 Å². The Morgan fingerprint density at radius 2 is 2.00 bits per heavy atom. The van der Waals surface area contributed by atoms with E-state index in [2.05, 4.69) is 19.2 Å². The van der Waals surface area contributed by atoms with Gasteiger partial charge in [0.15, 0.2) is 5.78 Å². The number of ketones is 1. The van der Waals surface area contributed by atoms with Gasteiger partial charge in [0.1, 0.15) is 5.70 Å². The summed E-state index contributed by atoms with van der Waals surface area (Å²) in [5, 5.41) is 2.85. The molecule has 152 valence electrons. The average Bonchev–Trinajstić information content (AvgIpc) is 2.66. The quantitative estimate of drug-likeness (QED) is 0.781. The molecule has 2 aliphatic heterocycles. The summed E-state index contributed by atoms with van der Waals surface area (Å²) in [6.45, 7) is 7.11. The van der Waals surface area contributed by atoms with E-state index < -0.39 is 11.9 Å². The number of nitrogens with zero attached hydrogens (tertiary/aromatic N) is 1. The maximum atomic E-state index is 13.4. The van der Waals surface area contributed by atoms with E-state index in [1.807, 2.05) is 36.1 Å². The van der Waals surface area contributed by atoms with Gasteiger partial charge in [-0.1, -0.05) is 43.7 Å². The normalized spacial score (nSPS) is 23.4. The van der Waals surface area contributed by atoms with Gasteiger partial charge >= 0.3 is 5.97 Å². The molecule has 0 unspecified atom stereocenters. The zero-order valence-electron chi connectivity index (χ0n) is 17.3.